The van der Waals surface area contributed by atoms with Crippen LogP contribution in [-0.2, 0) is 16.6 Å². The van der Waals surface area contributed by atoms with Crippen LogP contribution in [0, 0.1) is 19.7 Å². The van der Waals surface area contributed by atoms with Crippen molar-refractivity contribution in [3.8, 4) is 0 Å². The molecule has 1 N–H and O–H groups in total. The van der Waals surface area contributed by atoms with E-state index in [1.807, 2.05) is 32.0 Å². The van der Waals surface area contributed by atoms with Gasteiger partial charge in [0.25, 0.3) is 0 Å². The molecule has 2 aromatic carbocycles. The van der Waals surface area contributed by atoms with Crippen molar-refractivity contribution in [3.05, 3.63) is 64.5 Å². The van der Waals surface area contributed by atoms with E-state index < -0.39 is 28.1 Å². The van der Waals surface area contributed by atoms with Gasteiger partial charge in [0, 0.05) is 4.90 Å². The van der Waals surface area contributed by atoms with Crippen LogP contribution in [0.15, 0.2) is 41.3 Å². The number of aryl methyl sites for hydroxylation is 2. The summed E-state index contributed by atoms with van der Waals surface area (Å²) in [7, 11) is -1.42. The van der Waals surface area contributed by atoms with Gasteiger partial charge in [0.15, 0.2) is 0 Å². The molecular weight excluding hydrogens is 291 g/mol. The lowest BCUT2D eigenvalue weighted by atomic mass is 10.1. The molecule has 0 aliphatic carbocycles. The average molecular weight is 306 g/mol. The van der Waals surface area contributed by atoms with Gasteiger partial charge >= 0.3 is 5.97 Å². The van der Waals surface area contributed by atoms with Gasteiger partial charge in [-0.2, -0.15) is 0 Å². The standard InChI is InChI=1S/C16H15FO3S/c1-10-4-3-5-11(2)14(10)9-21(20)12-6-7-15(17)13(8-12)16(18)19/h3-8H,9H2,1-2H3,(H,18,19). The molecule has 0 saturated heterocycles. The van der Waals surface area contributed by atoms with Crippen molar-refractivity contribution in [2.75, 3.05) is 0 Å². The first-order valence-electron chi connectivity index (χ1n) is 6.36. The first kappa shape index (κ1) is 15.4. The number of hydrogen-bond donors (Lipinski definition) is 1. The summed E-state index contributed by atoms with van der Waals surface area (Å²) >= 11 is 0. The van der Waals surface area contributed by atoms with Gasteiger partial charge in [0.2, 0.25) is 0 Å². The van der Waals surface area contributed by atoms with Crippen LogP contribution in [0.5, 0.6) is 0 Å². The van der Waals surface area contributed by atoms with E-state index in [1.54, 1.807) is 0 Å². The third-order valence-corrected chi connectivity index (χ3v) is 4.68. The predicted octanol–water partition coefficient (Wildman–Crippen LogP) is 3.45. The molecule has 0 spiro atoms. The number of rotatable bonds is 4. The van der Waals surface area contributed by atoms with E-state index in [1.165, 1.54) is 6.07 Å². The Bertz CT molecular complexity index is 705. The zero-order valence-corrected chi connectivity index (χ0v) is 12.5. The summed E-state index contributed by atoms with van der Waals surface area (Å²) in [5.41, 5.74) is 2.58. The fourth-order valence-electron chi connectivity index (χ4n) is 2.10. The summed E-state index contributed by atoms with van der Waals surface area (Å²) in [4.78, 5) is 11.2. The lowest BCUT2D eigenvalue weighted by Crippen LogP contribution is -2.05. The number of halogens is 1. The Balaban J connectivity index is 2.33. The van der Waals surface area contributed by atoms with Gasteiger partial charge in [-0.05, 0) is 48.7 Å². The van der Waals surface area contributed by atoms with Gasteiger partial charge in [0.1, 0.15) is 5.82 Å². The molecule has 1 unspecified atom stereocenters. The Morgan fingerprint density at radius 1 is 1.19 bits per heavy atom. The Labute approximate surface area is 124 Å². The molecule has 3 nitrogen and oxygen atoms in total. The molecule has 5 heteroatoms. The van der Waals surface area contributed by atoms with Crippen molar-refractivity contribution in [1.29, 1.82) is 0 Å². The molecule has 110 valence electrons. The topological polar surface area (TPSA) is 54.4 Å². The van der Waals surface area contributed by atoms with Crippen molar-refractivity contribution in [1.82, 2.24) is 0 Å². The number of carbonyl (C=O) groups is 1. The van der Waals surface area contributed by atoms with E-state index in [-0.39, 0.29) is 5.75 Å². The highest BCUT2D eigenvalue weighted by molar-refractivity contribution is 7.84. The number of carboxylic acids is 1. The second kappa shape index (κ2) is 6.18. The van der Waals surface area contributed by atoms with E-state index in [2.05, 4.69) is 0 Å². The summed E-state index contributed by atoms with van der Waals surface area (Å²) in [6.07, 6.45) is 0. The maximum Gasteiger partial charge on any atom is 0.338 e. The van der Waals surface area contributed by atoms with Crippen LogP contribution in [-0.4, -0.2) is 15.3 Å². The number of hydrogen-bond acceptors (Lipinski definition) is 2. The monoisotopic (exact) mass is 306 g/mol. The van der Waals surface area contributed by atoms with Gasteiger partial charge in [-0.15, -0.1) is 0 Å². The molecule has 2 rings (SSSR count). The van der Waals surface area contributed by atoms with E-state index in [0.717, 1.165) is 28.8 Å². The van der Waals surface area contributed by atoms with Crippen LogP contribution in [0.3, 0.4) is 0 Å². The van der Waals surface area contributed by atoms with Crippen molar-refractivity contribution in [2.45, 2.75) is 24.5 Å². The highest BCUT2D eigenvalue weighted by atomic mass is 32.2. The SMILES string of the molecule is Cc1cccc(C)c1CS(=O)c1ccc(F)c(C(=O)O)c1. The minimum absolute atomic E-state index is 0.281. The molecule has 2 aromatic rings. The molecule has 0 radical (unpaired) electrons. The first-order valence-corrected chi connectivity index (χ1v) is 7.68. The van der Waals surface area contributed by atoms with Crippen molar-refractivity contribution >= 4 is 16.8 Å². The smallest absolute Gasteiger partial charge is 0.338 e. The number of benzene rings is 2. The van der Waals surface area contributed by atoms with Crippen LogP contribution in [0.1, 0.15) is 27.0 Å². The maximum absolute atomic E-state index is 13.4. The third kappa shape index (κ3) is 3.36. The van der Waals surface area contributed by atoms with E-state index in [9.17, 15) is 13.4 Å². The van der Waals surface area contributed by atoms with Gasteiger partial charge < -0.3 is 5.11 Å². The molecular formula is C16H15FO3S. The highest BCUT2D eigenvalue weighted by Crippen LogP contribution is 2.20. The highest BCUT2D eigenvalue weighted by Gasteiger charge is 2.15. The van der Waals surface area contributed by atoms with Crippen LogP contribution < -0.4 is 0 Å². The molecule has 21 heavy (non-hydrogen) atoms. The molecule has 0 aliphatic rings. The molecule has 0 amide bonds. The van der Waals surface area contributed by atoms with Crippen molar-refractivity contribution in [3.63, 3.8) is 0 Å². The minimum atomic E-state index is -1.42. The fourth-order valence-corrected chi connectivity index (χ4v) is 3.45. The summed E-state index contributed by atoms with van der Waals surface area (Å²) in [6, 6.07) is 9.35. The Hall–Kier alpha value is -2.01. The maximum atomic E-state index is 13.4. The number of carboxylic acid groups (broad SMARTS) is 1. The van der Waals surface area contributed by atoms with Gasteiger partial charge in [0.05, 0.1) is 22.1 Å². The fraction of sp³-hybridized carbons (Fsp3) is 0.188. The second-order valence-corrected chi connectivity index (χ2v) is 6.26. The number of aromatic carboxylic acids is 1. The van der Waals surface area contributed by atoms with E-state index in [0.29, 0.717) is 4.90 Å². The minimum Gasteiger partial charge on any atom is -0.478 e. The molecule has 0 fully saturated rings. The van der Waals surface area contributed by atoms with E-state index in [4.69, 9.17) is 5.11 Å². The quantitative estimate of drug-likeness (QED) is 0.941. The molecule has 1 atom stereocenters. The summed E-state index contributed by atoms with van der Waals surface area (Å²) < 4.78 is 25.8. The largest absolute Gasteiger partial charge is 0.478 e. The first-order chi connectivity index (χ1) is 9.90. The summed E-state index contributed by atoms with van der Waals surface area (Å²) in [6.45, 7) is 3.87. The van der Waals surface area contributed by atoms with Crippen molar-refractivity contribution in [2.24, 2.45) is 0 Å². The predicted molar refractivity (Wildman–Crippen MR) is 79.4 cm³/mol. The lowest BCUT2D eigenvalue weighted by molar-refractivity contribution is 0.0691. The zero-order chi connectivity index (χ0) is 15.6. The Morgan fingerprint density at radius 2 is 1.81 bits per heavy atom. The molecule has 0 aromatic heterocycles. The van der Waals surface area contributed by atoms with Gasteiger partial charge in [-0.1, -0.05) is 18.2 Å². The average Bonchev–Trinajstić information content (AvgIpc) is 2.43. The lowest BCUT2D eigenvalue weighted by Gasteiger charge is -2.10. The molecule has 0 saturated carbocycles. The molecule has 0 aliphatic heterocycles. The van der Waals surface area contributed by atoms with Crippen LogP contribution in [0.25, 0.3) is 0 Å². The van der Waals surface area contributed by atoms with Crippen LogP contribution in [0.4, 0.5) is 4.39 Å². The zero-order valence-electron chi connectivity index (χ0n) is 11.7. The normalized spacial score (nSPS) is 12.1. The van der Waals surface area contributed by atoms with Crippen LogP contribution in [0.2, 0.25) is 0 Å². The van der Waals surface area contributed by atoms with Gasteiger partial charge in [-0.3, -0.25) is 4.21 Å². The molecule has 0 heterocycles. The van der Waals surface area contributed by atoms with Crippen molar-refractivity contribution < 1.29 is 18.5 Å². The van der Waals surface area contributed by atoms with Gasteiger partial charge in [-0.25, -0.2) is 9.18 Å². The Morgan fingerprint density at radius 3 is 2.38 bits per heavy atom. The summed E-state index contributed by atoms with van der Waals surface area (Å²) in [5, 5.41) is 8.91. The second-order valence-electron chi connectivity index (χ2n) is 4.81. The van der Waals surface area contributed by atoms with E-state index >= 15 is 0 Å². The third-order valence-electron chi connectivity index (χ3n) is 3.35. The van der Waals surface area contributed by atoms with Crippen LogP contribution >= 0.6 is 0 Å². The summed E-state index contributed by atoms with van der Waals surface area (Å²) in [5.74, 6) is -1.91. The molecule has 0 bridgehead atoms. The Kier molecular flexibility index (Phi) is 4.53.